The molecule has 7 heteroatoms. The Hall–Kier alpha value is -2.83. The minimum absolute atomic E-state index is 0.237. The Labute approximate surface area is 153 Å². The zero-order valence-corrected chi connectivity index (χ0v) is 15.8. The second kappa shape index (κ2) is 9.03. The van der Waals surface area contributed by atoms with Crippen LogP contribution >= 0.6 is 0 Å². The normalized spacial score (nSPS) is 10.5. The van der Waals surface area contributed by atoms with Crippen LogP contribution in [-0.4, -0.2) is 35.4 Å². The average Bonchev–Trinajstić information content (AvgIpc) is 2.89. The molecule has 26 heavy (non-hydrogen) atoms. The Balaban J connectivity index is 2.18. The molecule has 0 fully saturated rings. The number of aromatic nitrogens is 2. The molecule has 0 bridgehead atoms. The largest absolute Gasteiger partial charge is 0.465 e. The highest BCUT2D eigenvalue weighted by Crippen LogP contribution is 2.21. The molecule has 2 aromatic rings. The molecule has 0 saturated carbocycles. The molecule has 2 rings (SSSR count). The van der Waals surface area contributed by atoms with E-state index in [1.54, 1.807) is 16.8 Å². The van der Waals surface area contributed by atoms with Crippen LogP contribution in [0.4, 0.5) is 10.5 Å². The summed E-state index contributed by atoms with van der Waals surface area (Å²) in [6, 6.07) is 7.03. The number of carbonyl (C=O) groups excluding carboxylic acids is 2. The SMILES string of the molecule is CCCCNC(=O)Nc1c(C)nn(Cc2ccccc2C(=O)OC)c1C. The van der Waals surface area contributed by atoms with Crippen LogP contribution in [-0.2, 0) is 11.3 Å². The summed E-state index contributed by atoms with van der Waals surface area (Å²) in [5.74, 6) is -0.379. The molecule has 0 aliphatic rings. The van der Waals surface area contributed by atoms with Crippen molar-refractivity contribution in [2.24, 2.45) is 0 Å². The summed E-state index contributed by atoms with van der Waals surface area (Å²) in [4.78, 5) is 24.0. The van der Waals surface area contributed by atoms with Crippen molar-refractivity contribution in [1.29, 1.82) is 0 Å². The fraction of sp³-hybridized carbons (Fsp3) is 0.421. The minimum atomic E-state index is -0.379. The molecule has 0 aliphatic heterocycles. The molecule has 0 spiro atoms. The molecule has 1 heterocycles. The van der Waals surface area contributed by atoms with Crippen molar-refractivity contribution in [2.75, 3.05) is 19.0 Å². The third kappa shape index (κ3) is 4.62. The van der Waals surface area contributed by atoms with E-state index < -0.39 is 0 Å². The molecule has 0 atom stereocenters. The van der Waals surface area contributed by atoms with Gasteiger partial charge in [0.2, 0.25) is 0 Å². The number of aryl methyl sites for hydroxylation is 1. The van der Waals surface area contributed by atoms with Crippen LogP contribution in [0.2, 0.25) is 0 Å². The second-order valence-electron chi connectivity index (χ2n) is 6.09. The second-order valence-corrected chi connectivity index (χ2v) is 6.09. The monoisotopic (exact) mass is 358 g/mol. The van der Waals surface area contributed by atoms with E-state index >= 15 is 0 Å². The van der Waals surface area contributed by atoms with E-state index in [9.17, 15) is 9.59 Å². The smallest absolute Gasteiger partial charge is 0.338 e. The van der Waals surface area contributed by atoms with Crippen molar-refractivity contribution in [3.63, 3.8) is 0 Å². The van der Waals surface area contributed by atoms with Crippen LogP contribution < -0.4 is 10.6 Å². The number of nitrogens with zero attached hydrogens (tertiary/aromatic N) is 2. The first-order valence-electron chi connectivity index (χ1n) is 8.73. The number of nitrogens with one attached hydrogen (secondary N) is 2. The van der Waals surface area contributed by atoms with Gasteiger partial charge in [-0.15, -0.1) is 0 Å². The molecule has 1 aromatic heterocycles. The number of urea groups is 1. The molecule has 0 aliphatic carbocycles. The van der Waals surface area contributed by atoms with Crippen LogP contribution in [0.5, 0.6) is 0 Å². The Morgan fingerprint density at radius 1 is 1.23 bits per heavy atom. The fourth-order valence-corrected chi connectivity index (χ4v) is 2.70. The quantitative estimate of drug-likeness (QED) is 0.588. The molecule has 0 unspecified atom stereocenters. The summed E-state index contributed by atoms with van der Waals surface area (Å²) in [7, 11) is 1.36. The number of anilines is 1. The summed E-state index contributed by atoms with van der Waals surface area (Å²) in [5.41, 5.74) is 3.56. The predicted octanol–water partition coefficient (Wildman–Crippen LogP) is 3.26. The Morgan fingerprint density at radius 2 is 1.96 bits per heavy atom. The predicted molar refractivity (Wildman–Crippen MR) is 101 cm³/mol. The van der Waals surface area contributed by atoms with Crippen LogP contribution in [0.3, 0.4) is 0 Å². The molecule has 2 amide bonds. The van der Waals surface area contributed by atoms with Crippen molar-refractivity contribution in [1.82, 2.24) is 15.1 Å². The third-order valence-electron chi connectivity index (χ3n) is 4.18. The molecular formula is C19H26N4O3. The van der Waals surface area contributed by atoms with Crippen LogP contribution in [0.25, 0.3) is 0 Å². The number of carbonyl (C=O) groups is 2. The lowest BCUT2D eigenvalue weighted by atomic mass is 10.1. The van der Waals surface area contributed by atoms with E-state index in [4.69, 9.17) is 4.74 Å². The van der Waals surface area contributed by atoms with Crippen LogP contribution in [0.15, 0.2) is 24.3 Å². The average molecular weight is 358 g/mol. The zero-order valence-electron chi connectivity index (χ0n) is 15.8. The maximum Gasteiger partial charge on any atom is 0.338 e. The summed E-state index contributed by atoms with van der Waals surface area (Å²) in [6.07, 6.45) is 1.96. The number of rotatable bonds is 7. The van der Waals surface area contributed by atoms with Crippen molar-refractivity contribution >= 4 is 17.7 Å². The van der Waals surface area contributed by atoms with Gasteiger partial charge in [-0.05, 0) is 31.9 Å². The van der Waals surface area contributed by atoms with E-state index in [1.807, 2.05) is 26.0 Å². The van der Waals surface area contributed by atoms with Gasteiger partial charge in [0.05, 0.1) is 36.3 Å². The highest BCUT2D eigenvalue weighted by molar-refractivity contribution is 5.91. The van der Waals surface area contributed by atoms with Crippen LogP contribution in [0.1, 0.15) is 47.1 Å². The maximum atomic E-state index is 12.0. The van der Waals surface area contributed by atoms with Gasteiger partial charge in [0.25, 0.3) is 0 Å². The zero-order chi connectivity index (χ0) is 19.1. The van der Waals surface area contributed by atoms with Gasteiger partial charge < -0.3 is 15.4 Å². The van der Waals surface area contributed by atoms with Gasteiger partial charge in [0, 0.05) is 6.54 Å². The lowest BCUT2D eigenvalue weighted by Gasteiger charge is -2.10. The van der Waals surface area contributed by atoms with Crippen molar-refractivity contribution in [3.05, 3.63) is 46.8 Å². The third-order valence-corrected chi connectivity index (χ3v) is 4.18. The lowest BCUT2D eigenvalue weighted by Crippen LogP contribution is -2.29. The van der Waals surface area contributed by atoms with E-state index in [0.29, 0.717) is 24.3 Å². The van der Waals surface area contributed by atoms with Gasteiger partial charge in [0.1, 0.15) is 0 Å². The Kier molecular flexibility index (Phi) is 6.77. The van der Waals surface area contributed by atoms with Gasteiger partial charge in [-0.1, -0.05) is 31.5 Å². The molecule has 2 N–H and O–H groups in total. The summed E-state index contributed by atoms with van der Waals surface area (Å²) in [5, 5.41) is 10.2. The molecule has 1 aromatic carbocycles. The van der Waals surface area contributed by atoms with Gasteiger partial charge in [-0.2, -0.15) is 5.10 Å². The molecular weight excluding hydrogens is 332 g/mol. The van der Waals surface area contributed by atoms with Crippen LogP contribution in [0, 0.1) is 13.8 Å². The first-order chi connectivity index (χ1) is 12.5. The van der Waals surface area contributed by atoms with Gasteiger partial charge in [-0.25, -0.2) is 9.59 Å². The number of benzene rings is 1. The number of amides is 2. The molecule has 0 radical (unpaired) electrons. The fourth-order valence-electron chi connectivity index (χ4n) is 2.70. The summed E-state index contributed by atoms with van der Waals surface area (Å²) in [6.45, 7) is 6.86. The number of ether oxygens (including phenoxy) is 1. The Morgan fingerprint density at radius 3 is 2.65 bits per heavy atom. The molecule has 7 nitrogen and oxygen atoms in total. The van der Waals surface area contributed by atoms with Gasteiger partial charge in [0.15, 0.2) is 0 Å². The van der Waals surface area contributed by atoms with E-state index in [0.717, 1.165) is 29.8 Å². The van der Waals surface area contributed by atoms with E-state index in [1.165, 1.54) is 7.11 Å². The van der Waals surface area contributed by atoms with Crippen molar-refractivity contribution in [2.45, 2.75) is 40.2 Å². The van der Waals surface area contributed by atoms with Gasteiger partial charge >= 0.3 is 12.0 Å². The van der Waals surface area contributed by atoms with Crippen molar-refractivity contribution < 1.29 is 14.3 Å². The molecule has 140 valence electrons. The minimum Gasteiger partial charge on any atom is -0.465 e. The van der Waals surface area contributed by atoms with E-state index in [-0.39, 0.29) is 12.0 Å². The van der Waals surface area contributed by atoms with E-state index in [2.05, 4.69) is 22.7 Å². The van der Waals surface area contributed by atoms with Gasteiger partial charge in [-0.3, -0.25) is 4.68 Å². The summed E-state index contributed by atoms with van der Waals surface area (Å²) >= 11 is 0. The standard InChI is InChI=1S/C19H26N4O3/c1-5-6-11-20-19(25)21-17-13(2)22-23(14(17)3)12-15-9-7-8-10-16(15)18(24)26-4/h7-10H,5-6,11-12H2,1-4H3,(H2,20,21,25). The first kappa shape index (κ1) is 19.5. The Bertz CT molecular complexity index is 783. The first-order valence-corrected chi connectivity index (χ1v) is 8.73. The highest BCUT2D eigenvalue weighted by Gasteiger charge is 2.17. The van der Waals surface area contributed by atoms with Crippen molar-refractivity contribution in [3.8, 4) is 0 Å². The number of unbranched alkanes of at least 4 members (excludes halogenated alkanes) is 1. The highest BCUT2D eigenvalue weighted by atomic mass is 16.5. The molecule has 0 saturated heterocycles. The number of hydrogen-bond donors (Lipinski definition) is 2. The summed E-state index contributed by atoms with van der Waals surface area (Å²) < 4.78 is 6.62. The number of methoxy groups -OCH3 is 1. The number of hydrogen-bond acceptors (Lipinski definition) is 4. The lowest BCUT2D eigenvalue weighted by molar-refractivity contribution is 0.0599. The topological polar surface area (TPSA) is 85.3 Å². The maximum absolute atomic E-state index is 12.0. The number of esters is 1.